The first-order valence-corrected chi connectivity index (χ1v) is 11.1. The second-order valence-electron chi connectivity index (χ2n) is 7.74. The Balaban J connectivity index is 1.52. The van der Waals surface area contributed by atoms with E-state index in [1.807, 2.05) is 24.3 Å². The highest BCUT2D eigenvalue weighted by Gasteiger charge is 2.23. The number of nitrogens with zero attached hydrogens (tertiary/aromatic N) is 4. The number of likely N-dealkylation sites (tertiary alicyclic amines) is 1. The molecule has 1 saturated heterocycles. The SMILES string of the molecule is CCN1CCCC1CNc1nc(Nc2ccc(OC)c(F)c2)nc(OCc2cc[c]cc2)n1. The Kier molecular flexibility index (Phi) is 7.51. The summed E-state index contributed by atoms with van der Waals surface area (Å²) in [6, 6.07) is 15.6. The average Bonchev–Trinajstić information content (AvgIpc) is 3.30. The topological polar surface area (TPSA) is 84.4 Å². The number of halogens is 1. The molecule has 1 fully saturated rings. The van der Waals surface area contributed by atoms with Crippen LogP contribution in [0.5, 0.6) is 11.8 Å². The molecule has 3 aromatic rings. The number of anilines is 3. The van der Waals surface area contributed by atoms with Crippen LogP contribution >= 0.6 is 0 Å². The van der Waals surface area contributed by atoms with Gasteiger partial charge in [-0.15, -0.1) is 0 Å². The van der Waals surface area contributed by atoms with Crippen molar-refractivity contribution in [1.82, 2.24) is 19.9 Å². The fourth-order valence-electron chi connectivity index (χ4n) is 3.85. The average molecular weight is 452 g/mol. The Bertz CT molecular complexity index is 1050. The molecule has 0 saturated carbocycles. The largest absolute Gasteiger partial charge is 0.494 e. The van der Waals surface area contributed by atoms with Crippen molar-refractivity contribution in [1.29, 1.82) is 0 Å². The van der Waals surface area contributed by atoms with Gasteiger partial charge in [0, 0.05) is 24.3 Å². The van der Waals surface area contributed by atoms with Crippen LogP contribution in [-0.4, -0.2) is 52.6 Å². The fraction of sp³-hybridized carbons (Fsp3) is 0.375. The van der Waals surface area contributed by atoms with Crippen LogP contribution in [0.2, 0.25) is 0 Å². The Hall–Kier alpha value is -3.46. The number of nitrogens with one attached hydrogen (secondary N) is 2. The molecule has 9 heteroatoms. The van der Waals surface area contributed by atoms with E-state index in [4.69, 9.17) is 9.47 Å². The van der Waals surface area contributed by atoms with Gasteiger partial charge in [-0.3, -0.25) is 4.90 Å². The van der Waals surface area contributed by atoms with Crippen LogP contribution in [0.25, 0.3) is 0 Å². The fourth-order valence-corrected chi connectivity index (χ4v) is 3.85. The van der Waals surface area contributed by atoms with Crippen LogP contribution < -0.4 is 20.1 Å². The summed E-state index contributed by atoms with van der Waals surface area (Å²) in [5, 5.41) is 6.35. The third kappa shape index (κ3) is 6.07. The molecule has 2 N–H and O–H groups in total. The van der Waals surface area contributed by atoms with Crippen LogP contribution in [0.4, 0.5) is 22.0 Å². The second-order valence-corrected chi connectivity index (χ2v) is 7.74. The van der Waals surface area contributed by atoms with Gasteiger partial charge in [0.15, 0.2) is 11.6 Å². The van der Waals surface area contributed by atoms with Crippen LogP contribution in [0.15, 0.2) is 42.5 Å². The molecule has 0 bridgehead atoms. The van der Waals surface area contributed by atoms with Crippen LogP contribution in [0, 0.1) is 11.9 Å². The summed E-state index contributed by atoms with van der Waals surface area (Å²) in [4.78, 5) is 15.7. The zero-order valence-corrected chi connectivity index (χ0v) is 18.8. The molecule has 173 valence electrons. The van der Waals surface area contributed by atoms with E-state index in [1.165, 1.54) is 19.6 Å². The first kappa shape index (κ1) is 22.7. The first-order valence-electron chi connectivity index (χ1n) is 11.1. The third-order valence-electron chi connectivity index (χ3n) is 5.58. The van der Waals surface area contributed by atoms with Crippen molar-refractivity contribution in [2.75, 3.05) is 37.4 Å². The van der Waals surface area contributed by atoms with E-state index in [1.54, 1.807) is 12.1 Å². The zero-order chi connectivity index (χ0) is 23.0. The standard InChI is InChI=1S/C24H28FN6O2/c1-3-31-13-7-10-19(31)15-26-22-28-23(27-18-11-12-21(32-2)20(25)14-18)30-24(29-22)33-16-17-8-5-4-6-9-17/h5-6,8-9,11-12,14,19H,3,7,10,13,15-16H2,1-2H3,(H2,26,27,28,29,30). The number of benzene rings is 2. The van der Waals surface area contributed by atoms with Gasteiger partial charge in [0.2, 0.25) is 11.9 Å². The van der Waals surface area contributed by atoms with Gasteiger partial charge in [-0.25, -0.2) is 4.39 Å². The molecule has 1 atom stereocenters. The lowest BCUT2D eigenvalue weighted by Crippen LogP contribution is -2.35. The molecule has 8 nitrogen and oxygen atoms in total. The van der Waals surface area contributed by atoms with E-state index in [9.17, 15) is 4.39 Å². The van der Waals surface area contributed by atoms with Crippen molar-refractivity contribution in [2.24, 2.45) is 0 Å². The number of aromatic nitrogens is 3. The molecule has 0 amide bonds. The summed E-state index contributed by atoms with van der Waals surface area (Å²) in [6.07, 6.45) is 2.33. The number of rotatable bonds is 10. The van der Waals surface area contributed by atoms with Crippen LogP contribution in [0.1, 0.15) is 25.3 Å². The molecule has 1 unspecified atom stereocenters. The van der Waals surface area contributed by atoms with E-state index < -0.39 is 5.82 Å². The lowest BCUT2D eigenvalue weighted by atomic mass is 10.2. The lowest BCUT2D eigenvalue weighted by Gasteiger charge is -2.23. The highest BCUT2D eigenvalue weighted by atomic mass is 19.1. The molecule has 2 aromatic carbocycles. The molecule has 1 aliphatic rings. The van der Waals surface area contributed by atoms with Crippen molar-refractivity contribution in [3.63, 3.8) is 0 Å². The predicted molar refractivity (Wildman–Crippen MR) is 124 cm³/mol. The molecular weight excluding hydrogens is 423 g/mol. The lowest BCUT2D eigenvalue weighted by molar-refractivity contribution is 0.275. The Morgan fingerprint density at radius 1 is 1.15 bits per heavy atom. The summed E-state index contributed by atoms with van der Waals surface area (Å²) in [7, 11) is 1.42. The molecule has 1 radical (unpaired) electrons. The Morgan fingerprint density at radius 3 is 2.73 bits per heavy atom. The van der Waals surface area contributed by atoms with Crippen molar-refractivity contribution in [3.8, 4) is 11.8 Å². The minimum absolute atomic E-state index is 0.166. The van der Waals surface area contributed by atoms with Gasteiger partial charge in [0.1, 0.15) is 6.61 Å². The van der Waals surface area contributed by atoms with Crippen molar-refractivity contribution >= 4 is 17.6 Å². The molecule has 4 rings (SSSR count). The first-order chi connectivity index (χ1) is 16.1. The molecule has 33 heavy (non-hydrogen) atoms. The molecular formula is C24H28FN6O2. The van der Waals surface area contributed by atoms with Crippen molar-refractivity contribution in [2.45, 2.75) is 32.4 Å². The van der Waals surface area contributed by atoms with Crippen LogP contribution in [0.3, 0.4) is 0 Å². The van der Waals surface area contributed by atoms with Gasteiger partial charge in [-0.2, -0.15) is 15.0 Å². The Morgan fingerprint density at radius 2 is 1.97 bits per heavy atom. The summed E-state index contributed by atoms with van der Waals surface area (Å²) >= 11 is 0. The molecule has 0 aliphatic carbocycles. The quantitative estimate of drug-likeness (QED) is 0.478. The van der Waals surface area contributed by atoms with Gasteiger partial charge in [-0.1, -0.05) is 31.2 Å². The van der Waals surface area contributed by atoms with E-state index in [0.29, 0.717) is 24.3 Å². The maximum Gasteiger partial charge on any atom is 0.323 e. The van der Waals surface area contributed by atoms with Gasteiger partial charge in [-0.05, 0) is 49.7 Å². The van der Waals surface area contributed by atoms with E-state index in [2.05, 4.69) is 43.5 Å². The molecule has 1 aliphatic heterocycles. The highest BCUT2D eigenvalue weighted by Crippen LogP contribution is 2.24. The summed E-state index contributed by atoms with van der Waals surface area (Å²) in [6.45, 7) is 5.33. The molecule has 0 spiro atoms. The predicted octanol–water partition coefficient (Wildman–Crippen LogP) is 4.04. The van der Waals surface area contributed by atoms with E-state index >= 15 is 0 Å². The maximum absolute atomic E-state index is 14.1. The van der Waals surface area contributed by atoms with Gasteiger partial charge >= 0.3 is 6.01 Å². The van der Waals surface area contributed by atoms with Crippen LogP contribution in [-0.2, 0) is 6.61 Å². The molecule has 2 heterocycles. The number of hydrogen-bond acceptors (Lipinski definition) is 8. The molecule has 1 aromatic heterocycles. The number of methoxy groups -OCH3 is 1. The highest BCUT2D eigenvalue weighted by molar-refractivity contribution is 5.56. The monoisotopic (exact) mass is 451 g/mol. The van der Waals surface area contributed by atoms with E-state index in [-0.39, 0.29) is 17.7 Å². The second kappa shape index (κ2) is 10.9. The third-order valence-corrected chi connectivity index (χ3v) is 5.58. The van der Waals surface area contributed by atoms with Gasteiger partial charge in [0.05, 0.1) is 7.11 Å². The number of ether oxygens (including phenoxy) is 2. The minimum atomic E-state index is -0.479. The van der Waals surface area contributed by atoms with Crippen molar-refractivity contribution in [3.05, 3.63) is 59.9 Å². The summed E-state index contributed by atoms with van der Waals surface area (Å²) in [5.74, 6) is 0.348. The summed E-state index contributed by atoms with van der Waals surface area (Å²) in [5.41, 5.74) is 1.46. The Labute approximate surface area is 193 Å². The van der Waals surface area contributed by atoms with Gasteiger partial charge < -0.3 is 20.1 Å². The van der Waals surface area contributed by atoms with E-state index in [0.717, 1.165) is 31.6 Å². The minimum Gasteiger partial charge on any atom is -0.494 e. The summed E-state index contributed by atoms with van der Waals surface area (Å²) < 4.78 is 24.9. The smallest absolute Gasteiger partial charge is 0.323 e. The zero-order valence-electron chi connectivity index (χ0n) is 18.8. The maximum atomic E-state index is 14.1. The van der Waals surface area contributed by atoms with Crippen molar-refractivity contribution < 1.29 is 13.9 Å². The number of hydrogen-bond donors (Lipinski definition) is 2. The number of likely N-dealkylation sites (N-methyl/N-ethyl adjacent to an activating group) is 1. The van der Waals surface area contributed by atoms with Gasteiger partial charge in [0.25, 0.3) is 0 Å². The normalized spacial score (nSPS) is 15.9.